The largest absolute Gasteiger partial charge is 0.335 e. The molecule has 1 N–H and O–H groups in total. The summed E-state index contributed by atoms with van der Waals surface area (Å²) in [4.78, 5) is 30.9. The number of carbonyl (C=O) groups excluding carboxylic acids is 2. The molecule has 2 fully saturated rings. The molecule has 3 aliphatic heterocycles. The number of urea groups is 1. The van der Waals surface area contributed by atoms with Gasteiger partial charge in [-0.2, -0.15) is 0 Å². The third kappa shape index (κ3) is 3.60. The van der Waals surface area contributed by atoms with Gasteiger partial charge in [0, 0.05) is 19.1 Å². The highest BCUT2D eigenvalue weighted by Gasteiger charge is 2.48. The van der Waals surface area contributed by atoms with Crippen molar-refractivity contribution in [3.05, 3.63) is 71.3 Å². The lowest BCUT2D eigenvalue weighted by Gasteiger charge is -2.51. The van der Waals surface area contributed by atoms with Gasteiger partial charge in [0.15, 0.2) is 0 Å². The minimum absolute atomic E-state index is 0.0136. The van der Waals surface area contributed by atoms with Crippen molar-refractivity contribution in [2.24, 2.45) is 5.92 Å². The van der Waals surface area contributed by atoms with E-state index < -0.39 is 0 Å². The second-order valence-electron chi connectivity index (χ2n) is 9.06. The lowest BCUT2D eigenvalue weighted by atomic mass is 9.76. The van der Waals surface area contributed by atoms with E-state index >= 15 is 0 Å². The van der Waals surface area contributed by atoms with Crippen LogP contribution >= 0.6 is 0 Å². The number of nitrogens with one attached hydrogen (secondary N) is 1. The summed E-state index contributed by atoms with van der Waals surface area (Å²) in [5.41, 5.74) is 3.73. The molecule has 0 aliphatic carbocycles. The fourth-order valence-electron chi connectivity index (χ4n) is 5.84. The minimum Gasteiger partial charge on any atom is -0.335 e. The first-order chi connectivity index (χ1) is 15.2. The van der Waals surface area contributed by atoms with E-state index in [2.05, 4.69) is 53.5 Å². The summed E-state index contributed by atoms with van der Waals surface area (Å²) in [7, 11) is 0. The molecule has 0 aromatic heterocycles. The maximum absolute atomic E-state index is 13.4. The van der Waals surface area contributed by atoms with Gasteiger partial charge in [-0.15, -0.1) is 0 Å². The standard InChI is InChI=1S/C26H31N3O2/c1-2-22(19-10-4-3-5-11-19)27-26(31)29-15-8-13-21-24(29)17-23-20-12-7-6-9-18(20)14-16-28(23)25(21)30/h3-7,9-12,21-24H,2,8,13-17H2,1H3,(H,27,31)/t21?,22-,23?,24?/m1/s1. The molecule has 5 nitrogen and oxygen atoms in total. The molecule has 162 valence electrons. The summed E-state index contributed by atoms with van der Waals surface area (Å²) in [6, 6.07) is 18.6. The highest BCUT2D eigenvalue weighted by Crippen LogP contribution is 2.43. The number of hydrogen-bond donors (Lipinski definition) is 1. The fraction of sp³-hybridized carbons (Fsp3) is 0.462. The van der Waals surface area contributed by atoms with Crippen molar-refractivity contribution < 1.29 is 9.59 Å². The Morgan fingerprint density at radius 2 is 1.87 bits per heavy atom. The number of hydrogen-bond acceptors (Lipinski definition) is 2. The van der Waals surface area contributed by atoms with Crippen LogP contribution in [0.2, 0.25) is 0 Å². The SMILES string of the molecule is CC[C@@H](NC(=O)N1CCCC2C(=O)N3CCc4ccccc4C3CC21)c1ccccc1. The number of piperidine rings is 2. The molecule has 2 aromatic rings. The lowest BCUT2D eigenvalue weighted by molar-refractivity contribution is -0.148. The average Bonchev–Trinajstić information content (AvgIpc) is 2.82. The Morgan fingerprint density at radius 1 is 1.10 bits per heavy atom. The van der Waals surface area contributed by atoms with Crippen LogP contribution in [0.5, 0.6) is 0 Å². The van der Waals surface area contributed by atoms with Gasteiger partial charge in [0.1, 0.15) is 0 Å². The maximum atomic E-state index is 13.4. The number of likely N-dealkylation sites (tertiary alicyclic amines) is 1. The van der Waals surface area contributed by atoms with Crippen molar-refractivity contribution >= 4 is 11.9 Å². The molecule has 3 aliphatic rings. The molecule has 0 saturated carbocycles. The van der Waals surface area contributed by atoms with Crippen LogP contribution < -0.4 is 5.32 Å². The number of fused-ring (bicyclic) bond motifs is 4. The summed E-state index contributed by atoms with van der Waals surface area (Å²) >= 11 is 0. The molecule has 4 atom stereocenters. The van der Waals surface area contributed by atoms with Gasteiger partial charge in [0.2, 0.25) is 5.91 Å². The van der Waals surface area contributed by atoms with Crippen molar-refractivity contribution in [2.75, 3.05) is 13.1 Å². The van der Waals surface area contributed by atoms with Crippen molar-refractivity contribution in [1.82, 2.24) is 15.1 Å². The first-order valence-corrected chi connectivity index (χ1v) is 11.7. The molecule has 2 saturated heterocycles. The van der Waals surface area contributed by atoms with Crippen LogP contribution in [-0.4, -0.2) is 40.9 Å². The van der Waals surface area contributed by atoms with Crippen LogP contribution in [0.4, 0.5) is 4.79 Å². The van der Waals surface area contributed by atoms with Gasteiger partial charge >= 0.3 is 6.03 Å². The third-order valence-corrected chi connectivity index (χ3v) is 7.43. The minimum atomic E-state index is -0.0715. The number of amides is 3. The molecule has 5 rings (SSSR count). The smallest absolute Gasteiger partial charge is 0.318 e. The average molecular weight is 418 g/mol. The van der Waals surface area contributed by atoms with Crippen LogP contribution in [0.1, 0.15) is 61.4 Å². The predicted molar refractivity (Wildman–Crippen MR) is 120 cm³/mol. The summed E-state index contributed by atoms with van der Waals surface area (Å²) in [5, 5.41) is 3.25. The molecule has 5 heteroatoms. The van der Waals surface area contributed by atoms with Crippen LogP contribution in [0, 0.1) is 5.92 Å². The van der Waals surface area contributed by atoms with E-state index in [-0.39, 0.29) is 36.0 Å². The Balaban J connectivity index is 1.39. The molecule has 3 unspecified atom stereocenters. The quantitative estimate of drug-likeness (QED) is 0.802. The van der Waals surface area contributed by atoms with E-state index in [1.54, 1.807) is 0 Å². The van der Waals surface area contributed by atoms with Gasteiger partial charge in [-0.25, -0.2) is 4.79 Å². The van der Waals surface area contributed by atoms with E-state index in [1.807, 2.05) is 23.1 Å². The maximum Gasteiger partial charge on any atom is 0.318 e. The lowest BCUT2D eigenvalue weighted by Crippen LogP contribution is -2.61. The number of nitrogens with zero attached hydrogens (tertiary/aromatic N) is 2. The Morgan fingerprint density at radius 3 is 2.68 bits per heavy atom. The van der Waals surface area contributed by atoms with Crippen LogP contribution in [0.3, 0.4) is 0 Å². The monoisotopic (exact) mass is 417 g/mol. The first-order valence-electron chi connectivity index (χ1n) is 11.7. The van der Waals surface area contributed by atoms with Crippen molar-refractivity contribution in [3.63, 3.8) is 0 Å². The van der Waals surface area contributed by atoms with Gasteiger partial charge in [-0.1, -0.05) is 61.5 Å². The van der Waals surface area contributed by atoms with Crippen molar-refractivity contribution in [3.8, 4) is 0 Å². The summed E-state index contributed by atoms with van der Waals surface area (Å²) in [5.74, 6) is 0.168. The normalized spacial score (nSPS) is 25.8. The Labute approximate surface area is 184 Å². The zero-order valence-corrected chi connectivity index (χ0v) is 18.2. The zero-order valence-electron chi connectivity index (χ0n) is 18.2. The van der Waals surface area contributed by atoms with Gasteiger partial charge in [0.25, 0.3) is 0 Å². The molecule has 0 spiro atoms. The second-order valence-corrected chi connectivity index (χ2v) is 9.06. The molecule has 3 amide bonds. The molecule has 2 aromatic carbocycles. The molecule has 31 heavy (non-hydrogen) atoms. The van der Waals surface area contributed by atoms with Crippen LogP contribution in [0.25, 0.3) is 0 Å². The Hall–Kier alpha value is -2.82. The fourth-order valence-corrected chi connectivity index (χ4v) is 5.84. The molecule has 0 bridgehead atoms. The van der Waals surface area contributed by atoms with Crippen molar-refractivity contribution in [1.29, 1.82) is 0 Å². The number of carbonyl (C=O) groups is 2. The summed E-state index contributed by atoms with van der Waals surface area (Å²) in [6.45, 7) is 3.61. The number of rotatable bonds is 3. The van der Waals surface area contributed by atoms with Crippen LogP contribution in [0.15, 0.2) is 54.6 Å². The van der Waals surface area contributed by atoms with Gasteiger partial charge in [-0.3, -0.25) is 4.79 Å². The highest BCUT2D eigenvalue weighted by molar-refractivity contribution is 5.83. The zero-order chi connectivity index (χ0) is 21.4. The third-order valence-electron chi connectivity index (χ3n) is 7.43. The van der Waals surface area contributed by atoms with E-state index in [9.17, 15) is 9.59 Å². The number of benzene rings is 2. The van der Waals surface area contributed by atoms with Gasteiger partial charge in [-0.05, 0) is 48.8 Å². The molecular formula is C26H31N3O2. The molecule has 0 radical (unpaired) electrons. The van der Waals surface area contributed by atoms with E-state index in [0.717, 1.165) is 50.8 Å². The Kier molecular flexibility index (Phi) is 5.43. The second kappa shape index (κ2) is 8.37. The summed E-state index contributed by atoms with van der Waals surface area (Å²) < 4.78 is 0. The van der Waals surface area contributed by atoms with E-state index in [4.69, 9.17) is 0 Å². The molecular weight excluding hydrogens is 386 g/mol. The van der Waals surface area contributed by atoms with Crippen molar-refractivity contribution in [2.45, 2.75) is 57.2 Å². The topological polar surface area (TPSA) is 52.7 Å². The highest BCUT2D eigenvalue weighted by atomic mass is 16.2. The predicted octanol–water partition coefficient (Wildman–Crippen LogP) is 4.46. The van der Waals surface area contributed by atoms with E-state index in [0.29, 0.717) is 0 Å². The Bertz CT molecular complexity index is 960. The van der Waals surface area contributed by atoms with Gasteiger partial charge in [0.05, 0.1) is 18.0 Å². The van der Waals surface area contributed by atoms with Gasteiger partial charge < -0.3 is 15.1 Å². The first kappa shape index (κ1) is 20.1. The van der Waals surface area contributed by atoms with Crippen LogP contribution in [-0.2, 0) is 11.2 Å². The van der Waals surface area contributed by atoms with E-state index in [1.165, 1.54) is 11.1 Å². The molecule has 3 heterocycles. The summed E-state index contributed by atoms with van der Waals surface area (Å²) in [6.07, 6.45) is 4.37.